The van der Waals surface area contributed by atoms with E-state index in [0.29, 0.717) is 12.0 Å². The van der Waals surface area contributed by atoms with Crippen LogP contribution >= 0.6 is 0 Å². The van der Waals surface area contributed by atoms with E-state index in [1.54, 1.807) is 0 Å². The Balaban J connectivity index is 1.51. The molecule has 1 aliphatic carbocycles. The van der Waals surface area contributed by atoms with Crippen molar-refractivity contribution in [1.82, 2.24) is 10.2 Å². The third-order valence-electron chi connectivity index (χ3n) is 5.01. The zero-order chi connectivity index (χ0) is 14.7. The molecule has 2 aliphatic heterocycles. The van der Waals surface area contributed by atoms with Crippen LogP contribution in [0.1, 0.15) is 52.4 Å². The first-order valence-corrected chi connectivity index (χ1v) is 8.93. The summed E-state index contributed by atoms with van der Waals surface area (Å²) in [5, 5.41) is 3.62. The predicted molar refractivity (Wildman–Crippen MR) is 84.3 cm³/mol. The molecule has 0 bridgehead atoms. The molecule has 2 atom stereocenters. The third-order valence-corrected chi connectivity index (χ3v) is 5.01. The van der Waals surface area contributed by atoms with E-state index in [0.717, 1.165) is 39.1 Å². The second-order valence-electron chi connectivity index (χ2n) is 7.57. The van der Waals surface area contributed by atoms with Crippen LogP contribution in [0.3, 0.4) is 0 Å². The maximum absolute atomic E-state index is 6.30. The normalized spacial score (nSPS) is 32.0. The Morgan fingerprint density at radius 3 is 2.67 bits per heavy atom. The molecule has 21 heavy (non-hydrogen) atoms. The minimum atomic E-state index is -0.209. The average molecular weight is 296 g/mol. The highest BCUT2D eigenvalue weighted by molar-refractivity contribution is 4.86. The predicted octanol–water partition coefficient (Wildman–Crippen LogP) is 2.38. The molecular weight excluding hydrogens is 264 g/mol. The van der Waals surface area contributed by atoms with Crippen molar-refractivity contribution in [2.24, 2.45) is 5.92 Å². The summed E-state index contributed by atoms with van der Waals surface area (Å²) in [6, 6.07) is 0.673. The van der Waals surface area contributed by atoms with Gasteiger partial charge in [-0.05, 0) is 38.1 Å². The SMILES string of the molecule is CC(C)CN(CC1CCCN1)CC1COC2(CCCC2)O1. The van der Waals surface area contributed by atoms with Gasteiger partial charge >= 0.3 is 0 Å². The monoisotopic (exact) mass is 296 g/mol. The van der Waals surface area contributed by atoms with Gasteiger partial charge in [-0.25, -0.2) is 0 Å². The lowest BCUT2D eigenvalue weighted by Gasteiger charge is -2.30. The van der Waals surface area contributed by atoms with Gasteiger partial charge in [0.1, 0.15) is 0 Å². The van der Waals surface area contributed by atoms with Gasteiger partial charge in [0.25, 0.3) is 0 Å². The fourth-order valence-corrected chi connectivity index (χ4v) is 4.13. The van der Waals surface area contributed by atoms with Crippen LogP contribution in [0, 0.1) is 5.92 Å². The third kappa shape index (κ3) is 4.19. The van der Waals surface area contributed by atoms with Gasteiger partial charge in [-0.1, -0.05) is 13.8 Å². The number of rotatable bonds is 6. The maximum atomic E-state index is 6.30. The van der Waals surface area contributed by atoms with Gasteiger partial charge in [-0.2, -0.15) is 0 Å². The number of ether oxygens (including phenoxy) is 2. The number of nitrogens with zero attached hydrogens (tertiary/aromatic N) is 1. The van der Waals surface area contributed by atoms with Gasteiger partial charge in [0.2, 0.25) is 0 Å². The van der Waals surface area contributed by atoms with Crippen LogP contribution in [0.2, 0.25) is 0 Å². The van der Waals surface area contributed by atoms with Crippen LogP contribution in [0.4, 0.5) is 0 Å². The molecule has 122 valence electrons. The first-order valence-electron chi connectivity index (χ1n) is 8.93. The lowest BCUT2D eigenvalue weighted by Crippen LogP contribution is -2.43. The number of hydrogen-bond donors (Lipinski definition) is 1. The van der Waals surface area contributed by atoms with Gasteiger partial charge in [0.05, 0.1) is 12.7 Å². The standard InChI is InChI=1S/C17H32N2O2/c1-14(2)10-19(11-15-6-5-9-18-15)12-16-13-20-17(21-16)7-3-4-8-17/h14-16,18H,3-13H2,1-2H3. The minimum Gasteiger partial charge on any atom is -0.347 e. The van der Waals surface area contributed by atoms with Crippen molar-refractivity contribution in [3.05, 3.63) is 0 Å². The van der Waals surface area contributed by atoms with Crippen molar-refractivity contribution in [3.8, 4) is 0 Å². The van der Waals surface area contributed by atoms with Gasteiger partial charge in [0, 0.05) is 38.5 Å². The van der Waals surface area contributed by atoms with E-state index < -0.39 is 0 Å². The van der Waals surface area contributed by atoms with Crippen molar-refractivity contribution in [2.75, 3.05) is 32.8 Å². The summed E-state index contributed by atoms with van der Waals surface area (Å²) in [7, 11) is 0. The first-order chi connectivity index (χ1) is 10.2. The van der Waals surface area contributed by atoms with E-state index in [4.69, 9.17) is 9.47 Å². The fraction of sp³-hybridized carbons (Fsp3) is 1.00. The van der Waals surface area contributed by atoms with Gasteiger partial charge in [0.15, 0.2) is 5.79 Å². The maximum Gasteiger partial charge on any atom is 0.168 e. The molecule has 4 nitrogen and oxygen atoms in total. The van der Waals surface area contributed by atoms with E-state index in [9.17, 15) is 0 Å². The van der Waals surface area contributed by atoms with Crippen molar-refractivity contribution >= 4 is 0 Å². The van der Waals surface area contributed by atoms with Crippen LogP contribution in [0.15, 0.2) is 0 Å². The Labute approximate surface area is 129 Å². The zero-order valence-corrected chi connectivity index (χ0v) is 13.8. The topological polar surface area (TPSA) is 33.7 Å². The largest absolute Gasteiger partial charge is 0.347 e. The number of hydrogen-bond acceptors (Lipinski definition) is 4. The highest BCUT2D eigenvalue weighted by Gasteiger charge is 2.44. The Hall–Kier alpha value is -0.160. The average Bonchev–Trinajstić information content (AvgIpc) is 3.14. The van der Waals surface area contributed by atoms with Crippen LogP contribution in [-0.4, -0.2) is 55.6 Å². The molecule has 0 amide bonds. The quantitative estimate of drug-likeness (QED) is 0.816. The highest BCUT2D eigenvalue weighted by Crippen LogP contribution is 2.39. The van der Waals surface area contributed by atoms with E-state index in [1.807, 2.05) is 0 Å². The molecule has 1 spiro atoms. The molecule has 1 N–H and O–H groups in total. The van der Waals surface area contributed by atoms with Gasteiger partial charge in [-0.3, -0.25) is 4.90 Å². The summed E-state index contributed by atoms with van der Waals surface area (Å²) in [5.74, 6) is 0.494. The molecule has 2 unspecified atom stereocenters. The summed E-state index contributed by atoms with van der Waals surface area (Å²) in [6.45, 7) is 9.92. The lowest BCUT2D eigenvalue weighted by atomic mass is 10.1. The molecule has 0 aromatic heterocycles. The Morgan fingerprint density at radius 2 is 2.00 bits per heavy atom. The molecule has 0 radical (unpaired) electrons. The molecule has 0 aromatic carbocycles. The number of nitrogens with one attached hydrogen (secondary N) is 1. The van der Waals surface area contributed by atoms with Gasteiger partial charge < -0.3 is 14.8 Å². The smallest absolute Gasteiger partial charge is 0.168 e. The summed E-state index contributed by atoms with van der Waals surface area (Å²) >= 11 is 0. The lowest BCUT2D eigenvalue weighted by molar-refractivity contribution is -0.163. The van der Waals surface area contributed by atoms with Crippen LogP contribution in [0.25, 0.3) is 0 Å². The fourth-order valence-electron chi connectivity index (χ4n) is 4.13. The summed E-state index contributed by atoms with van der Waals surface area (Å²) in [5.41, 5.74) is 0. The molecule has 3 rings (SSSR count). The van der Waals surface area contributed by atoms with E-state index in [1.165, 1.54) is 32.2 Å². The van der Waals surface area contributed by atoms with E-state index >= 15 is 0 Å². The Kier molecular flexibility index (Phi) is 5.20. The molecule has 2 saturated heterocycles. The van der Waals surface area contributed by atoms with E-state index in [-0.39, 0.29) is 11.9 Å². The second kappa shape index (κ2) is 6.95. The molecular formula is C17H32N2O2. The first kappa shape index (κ1) is 15.7. The molecule has 2 heterocycles. The summed E-state index contributed by atoms with van der Waals surface area (Å²) in [4.78, 5) is 2.59. The summed E-state index contributed by atoms with van der Waals surface area (Å²) in [6.07, 6.45) is 7.62. The molecule has 3 fully saturated rings. The van der Waals surface area contributed by atoms with Crippen molar-refractivity contribution in [3.63, 3.8) is 0 Å². The molecule has 3 aliphatic rings. The summed E-state index contributed by atoms with van der Waals surface area (Å²) < 4.78 is 12.3. The van der Waals surface area contributed by atoms with Crippen LogP contribution < -0.4 is 5.32 Å². The van der Waals surface area contributed by atoms with Gasteiger partial charge in [-0.15, -0.1) is 0 Å². The Bertz CT molecular complexity index is 323. The minimum absolute atomic E-state index is 0.209. The van der Waals surface area contributed by atoms with Crippen molar-refractivity contribution in [1.29, 1.82) is 0 Å². The Morgan fingerprint density at radius 1 is 1.19 bits per heavy atom. The molecule has 4 heteroatoms. The molecule has 1 saturated carbocycles. The van der Waals surface area contributed by atoms with Crippen LogP contribution in [-0.2, 0) is 9.47 Å². The highest BCUT2D eigenvalue weighted by atomic mass is 16.7. The van der Waals surface area contributed by atoms with E-state index in [2.05, 4.69) is 24.1 Å². The van der Waals surface area contributed by atoms with Crippen LogP contribution in [0.5, 0.6) is 0 Å². The molecule has 0 aromatic rings. The van der Waals surface area contributed by atoms with Crippen molar-refractivity contribution < 1.29 is 9.47 Å². The zero-order valence-electron chi connectivity index (χ0n) is 13.8. The van der Waals surface area contributed by atoms with Crippen molar-refractivity contribution in [2.45, 2.75) is 70.3 Å². The second-order valence-corrected chi connectivity index (χ2v) is 7.57.